The van der Waals surface area contributed by atoms with Crippen molar-refractivity contribution in [3.63, 3.8) is 0 Å². The maximum absolute atomic E-state index is 10.6. The van der Waals surface area contributed by atoms with Gasteiger partial charge in [-0.2, -0.15) is 8.42 Å². The number of quaternary nitrogens is 1. The summed E-state index contributed by atoms with van der Waals surface area (Å²) >= 11 is 0. The van der Waals surface area contributed by atoms with E-state index in [1.54, 1.807) is 0 Å². The minimum absolute atomic E-state index is 0.155. The van der Waals surface area contributed by atoms with Crippen LogP contribution in [0.2, 0.25) is 0 Å². The molecule has 7 heteroatoms. The van der Waals surface area contributed by atoms with Gasteiger partial charge in [0.2, 0.25) is 0 Å². The van der Waals surface area contributed by atoms with Crippen molar-refractivity contribution in [1.82, 2.24) is 0 Å². The van der Waals surface area contributed by atoms with E-state index in [1.807, 2.05) is 6.92 Å². The van der Waals surface area contributed by atoms with Crippen LogP contribution in [0, 0.1) is 0 Å². The molecular formula is C12H28NO5S+. The molecule has 0 amide bonds. The molecular weight excluding hydrogens is 270 g/mol. The second kappa shape index (κ2) is 9.66. The second-order valence-electron chi connectivity index (χ2n) is 5.19. The van der Waals surface area contributed by atoms with Gasteiger partial charge in [-0.1, -0.05) is 0 Å². The molecule has 0 radical (unpaired) electrons. The van der Waals surface area contributed by atoms with Crippen molar-refractivity contribution in [2.45, 2.75) is 19.8 Å². The lowest BCUT2D eigenvalue weighted by molar-refractivity contribution is -0.890. The maximum Gasteiger partial charge on any atom is 0.264 e. The van der Waals surface area contributed by atoms with Crippen LogP contribution in [0.5, 0.6) is 0 Å². The Morgan fingerprint density at radius 2 is 1.63 bits per heavy atom. The van der Waals surface area contributed by atoms with Gasteiger partial charge in [0, 0.05) is 6.61 Å². The molecule has 0 unspecified atom stereocenters. The minimum Gasteiger partial charge on any atom is -0.379 e. The van der Waals surface area contributed by atoms with Crippen LogP contribution in [0.25, 0.3) is 0 Å². The summed E-state index contributed by atoms with van der Waals surface area (Å²) in [5, 5.41) is 0. The van der Waals surface area contributed by atoms with Gasteiger partial charge in [-0.3, -0.25) is 4.55 Å². The predicted octanol–water partition coefficient (Wildman–Crippen LogP) is 0.784. The third-order valence-corrected chi connectivity index (χ3v) is 3.64. The monoisotopic (exact) mass is 298 g/mol. The van der Waals surface area contributed by atoms with E-state index in [0.29, 0.717) is 32.8 Å². The Kier molecular flexibility index (Phi) is 9.55. The standard InChI is InChI=1S/C12H27NO5S/c1-4-17-10-11-18-9-8-13(2,3)7-5-6-12-19(14,15)16/h4-12H2,1-3H3/p+1. The lowest BCUT2D eigenvalue weighted by Gasteiger charge is -2.29. The summed E-state index contributed by atoms with van der Waals surface area (Å²) in [6.07, 6.45) is 1.26. The molecule has 0 rings (SSSR count). The SMILES string of the molecule is CCOCCOCC[N+](C)(C)CCCCS(=O)(=O)O. The lowest BCUT2D eigenvalue weighted by atomic mass is 10.3. The van der Waals surface area contributed by atoms with Gasteiger partial charge in [0.15, 0.2) is 0 Å². The van der Waals surface area contributed by atoms with Crippen LogP contribution < -0.4 is 0 Å². The minimum atomic E-state index is -3.82. The van der Waals surface area contributed by atoms with E-state index in [-0.39, 0.29) is 5.75 Å². The number of hydrogen-bond acceptors (Lipinski definition) is 4. The molecule has 0 saturated carbocycles. The fourth-order valence-corrected chi connectivity index (χ4v) is 2.18. The molecule has 0 aromatic carbocycles. The van der Waals surface area contributed by atoms with Crippen LogP contribution in [0.4, 0.5) is 0 Å². The van der Waals surface area contributed by atoms with E-state index in [9.17, 15) is 8.42 Å². The van der Waals surface area contributed by atoms with E-state index in [2.05, 4.69) is 14.1 Å². The Morgan fingerprint density at radius 1 is 1.00 bits per heavy atom. The van der Waals surface area contributed by atoms with E-state index < -0.39 is 10.1 Å². The highest BCUT2D eigenvalue weighted by Crippen LogP contribution is 2.03. The fraction of sp³-hybridized carbons (Fsp3) is 1.00. The molecule has 1 N–H and O–H groups in total. The Morgan fingerprint density at radius 3 is 2.21 bits per heavy atom. The van der Waals surface area contributed by atoms with Gasteiger partial charge in [0.05, 0.1) is 46.2 Å². The molecule has 0 aliphatic carbocycles. The highest BCUT2D eigenvalue weighted by molar-refractivity contribution is 7.85. The highest BCUT2D eigenvalue weighted by Gasteiger charge is 2.15. The first kappa shape index (κ1) is 18.8. The zero-order chi connectivity index (χ0) is 14.8. The average Bonchev–Trinajstić information content (AvgIpc) is 2.28. The molecule has 0 bridgehead atoms. The highest BCUT2D eigenvalue weighted by atomic mass is 32.2. The quantitative estimate of drug-likeness (QED) is 0.327. The lowest BCUT2D eigenvalue weighted by Crippen LogP contribution is -2.43. The third kappa shape index (κ3) is 14.0. The Hall–Kier alpha value is -0.210. The summed E-state index contributed by atoms with van der Waals surface area (Å²) in [6, 6.07) is 0. The largest absolute Gasteiger partial charge is 0.379 e. The van der Waals surface area contributed by atoms with Gasteiger partial charge in [-0.05, 0) is 19.8 Å². The van der Waals surface area contributed by atoms with Crippen LogP contribution in [0.3, 0.4) is 0 Å². The van der Waals surface area contributed by atoms with Gasteiger partial charge in [0.25, 0.3) is 10.1 Å². The van der Waals surface area contributed by atoms with Crippen molar-refractivity contribution in [3.8, 4) is 0 Å². The van der Waals surface area contributed by atoms with Crippen molar-refractivity contribution >= 4 is 10.1 Å². The molecule has 0 atom stereocenters. The molecule has 116 valence electrons. The van der Waals surface area contributed by atoms with Gasteiger partial charge in [-0.15, -0.1) is 0 Å². The Balaban J connectivity index is 3.57. The number of likely N-dealkylation sites (N-methyl/N-ethyl adjacent to an activating group) is 1. The number of rotatable bonds is 12. The molecule has 0 aromatic heterocycles. The van der Waals surface area contributed by atoms with Gasteiger partial charge in [-0.25, -0.2) is 0 Å². The number of ether oxygens (including phenoxy) is 2. The molecule has 6 nitrogen and oxygen atoms in total. The number of nitrogens with zero attached hydrogens (tertiary/aromatic N) is 1. The molecule has 0 aliphatic rings. The van der Waals surface area contributed by atoms with Crippen molar-refractivity contribution in [1.29, 1.82) is 0 Å². The average molecular weight is 298 g/mol. The van der Waals surface area contributed by atoms with Crippen LogP contribution in [-0.2, 0) is 19.6 Å². The Bertz CT molecular complexity index is 316. The summed E-state index contributed by atoms with van der Waals surface area (Å²) in [6.45, 7) is 6.29. The van der Waals surface area contributed by atoms with Crippen molar-refractivity contribution in [2.75, 3.05) is 59.4 Å². The van der Waals surface area contributed by atoms with Crippen LogP contribution >= 0.6 is 0 Å². The maximum atomic E-state index is 10.6. The fourth-order valence-electron chi connectivity index (χ4n) is 1.61. The summed E-state index contributed by atoms with van der Waals surface area (Å²) in [5.74, 6) is -0.155. The molecule has 19 heavy (non-hydrogen) atoms. The second-order valence-corrected chi connectivity index (χ2v) is 6.76. The van der Waals surface area contributed by atoms with E-state index in [0.717, 1.165) is 24.0 Å². The first-order valence-corrected chi connectivity index (χ1v) is 8.30. The van der Waals surface area contributed by atoms with E-state index in [1.165, 1.54) is 0 Å². The molecule has 0 spiro atoms. The summed E-state index contributed by atoms with van der Waals surface area (Å²) in [4.78, 5) is 0. The van der Waals surface area contributed by atoms with E-state index >= 15 is 0 Å². The van der Waals surface area contributed by atoms with Crippen molar-refractivity contribution in [2.24, 2.45) is 0 Å². The third-order valence-electron chi connectivity index (χ3n) is 2.83. The molecule has 0 heterocycles. The normalized spacial score (nSPS) is 12.8. The van der Waals surface area contributed by atoms with Crippen LogP contribution in [0.15, 0.2) is 0 Å². The molecule has 0 saturated heterocycles. The van der Waals surface area contributed by atoms with E-state index in [4.69, 9.17) is 14.0 Å². The zero-order valence-corrected chi connectivity index (χ0v) is 13.1. The summed E-state index contributed by atoms with van der Waals surface area (Å²) in [5.41, 5.74) is 0. The molecule has 0 aliphatic heterocycles. The molecule has 0 aromatic rings. The summed E-state index contributed by atoms with van der Waals surface area (Å²) in [7, 11) is 0.348. The summed E-state index contributed by atoms with van der Waals surface area (Å²) < 4.78 is 41.2. The number of hydrogen-bond donors (Lipinski definition) is 1. The van der Waals surface area contributed by atoms with Crippen molar-refractivity contribution in [3.05, 3.63) is 0 Å². The van der Waals surface area contributed by atoms with Crippen molar-refractivity contribution < 1.29 is 26.9 Å². The molecule has 0 fully saturated rings. The first-order valence-electron chi connectivity index (χ1n) is 6.69. The smallest absolute Gasteiger partial charge is 0.264 e. The Labute approximate surface area is 117 Å². The topological polar surface area (TPSA) is 72.8 Å². The van der Waals surface area contributed by atoms with Gasteiger partial charge < -0.3 is 14.0 Å². The van der Waals surface area contributed by atoms with Gasteiger partial charge in [0.1, 0.15) is 6.54 Å². The van der Waals surface area contributed by atoms with Crippen LogP contribution in [-0.4, -0.2) is 76.8 Å². The zero-order valence-electron chi connectivity index (χ0n) is 12.3. The van der Waals surface area contributed by atoms with Crippen LogP contribution in [0.1, 0.15) is 19.8 Å². The first-order chi connectivity index (χ1) is 8.77. The van der Waals surface area contributed by atoms with Gasteiger partial charge >= 0.3 is 0 Å². The predicted molar refractivity (Wildman–Crippen MR) is 74.8 cm³/mol. The number of unbranched alkanes of at least 4 members (excludes halogenated alkanes) is 1.